The van der Waals surface area contributed by atoms with Gasteiger partial charge in [-0.25, -0.2) is 0 Å². The van der Waals surface area contributed by atoms with Gasteiger partial charge < -0.3 is 15.0 Å². The van der Waals surface area contributed by atoms with Crippen molar-refractivity contribution in [2.75, 3.05) is 44.6 Å². The summed E-state index contributed by atoms with van der Waals surface area (Å²) >= 11 is 0. The van der Waals surface area contributed by atoms with E-state index in [1.54, 1.807) is 0 Å². The van der Waals surface area contributed by atoms with E-state index in [4.69, 9.17) is 4.74 Å². The molecule has 2 aliphatic rings. The SMILES string of the molecule is O=C1CCc2cc(OCCCC(=O)N3CCN(CC=Cc4ccccc4)CC3)ccc2N1. The van der Waals surface area contributed by atoms with Gasteiger partial charge in [0.15, 0.2) is 0 Å². The number of ether oxygens (including phenoxy) is 1. The van der Waals surface area contributed by atoms with Gasteiger partial charge in [-0.05, 0) is 42.2 Å². The fourth-order valence-electron chi connectivity index (χ4n) is 4.10. The fraction of sp³-hybridized carbons (Fsp3) is 0.385. The number of nitrogens with one attached hydrogen (secondary N) is 1. The zero-order valence-corrected chi connectivity index (χ0v) is 18.5. The van der Waals surface area contributed by atoms with Crippen LogP contribution in [-0.2, 0) is 16.0 Å². The molecule has 0 aliphatic carbocycles. The molecule has 4 rings (SSSR count). The van der Waals surface area contributed by atoms with Crippen LogP contribution in [-0.4, -0.2) is 60.9 Å². The smallest absolute Gasteiger partial charge is 0.224 e. The maximum Gasteiger partial charge on any atom is 0.224 e. The lowest BCUT2D eigenvalue weighted by molar-refractivity contribution is -0.133. The number of benzene rings is 2. The van der Waals surface area contributed by atoms with E-state index in [0.29, 0.717) is 25.9 Å². The van der Waals surface area contributed by atoms with Crippen LogP contribution in [0.5, 0.6) is 5.75 Å². The van der Waals surface area contributed by atoms with Crippen LogP contribution < -0.4 is 10.1 Å². The quantitative estimate of drug-likeness (QED) is 0.647. The van der Waals surface area contributed by atoms with Crippen LogP contribution in [0.2, 0.25) is 0 Å². The zero-order chi connectivity index (χ0) is 22.2. The van der Waals surface area contributed by atoms with Crippen LogP contribution in [0.25, 0.3) is 6.08 Å². The summed E-state index contributed by atoms with van der Waals surface area (Å²) in [6.45, 7) is 4.82. The van der Waals surface area contributed by atoms with Crippen molar-refractivity contribution in [3.05, 3.63) is 65.7 Å². The molecule has 6 heteroatoms. The molecule has 0 aromatic heterocycles. The Hall–Kier alpha value is -3.12. The average Bonchev–Trinajstić information content (AvgIpc) is 2.83. The number of anilines is 1. The first-order chi connectivity index (χ1) is 15.7. The van der Waals surface area contributed by atoms with E-state index < -0.39 is 0 Å². The number of carbonyl (C=O) groups excluding carboxylic acids is 2. The Bertz CT molecular complexity index is 950. The Balaban J connectivity index is 1.12. The Kier molecular flexibility index (Phi) is 7.56. The number of piperazine rings is 1. The van der Waals surface area contributed by atoms with E-state index in [0.717, 1.165) is 56.1 Å². The van der Waals surface area contributed by atoms with Crippen LogP contribution >= 0.6 is 0 Å². The van der Waals surface area contributed by atoms with Gasteiger partial charge in [0.2, 0.25) is 11.8 Å². The molecule has 1 saturated heterocycles. The predicted molar refractivity (Wildman–Crippen MR) is 127 cm³/mol. The second kappa shape index (κ2) is 11.0. The highest BCUT2D eigenvalue weighted by molar-refractivity contribution is 5.94. The van der Waals surface area contributed by atoms with Crippen LogP contribution in [0.4, 0.5) is 5.69 Å². The lowest BCUT2D eigenvalue weighted by atomic mass is 10.0. The van der Waals surface area contributed by atoms with Crippen molar-refractivity contribution in [3.63, 3.8) is 0 Å². The van der Waals surface area contributed by atoms with Crippen LogP contribution in [0.1, 0.15) is 30.4 Å². The molecular weight excluding hydrogens is 402 g/mol. The van der Waals surface area contributed by atoms with Gasteiger partial charge >= 0.3 is 0 Å². The molecule has 0 radical (unpaired) electrons. The van der Waals surface area contributed by atoms with Crippen molar-refractivity contribution in [1.29, 1.82) is 0 Å². The first-order valence-electron chi connectivity index (χ1n) is 11.4. The third-order valence-corrected chi connectivity index (χ3v) is 5.97. The molecule has 0 saturated carbocycles. The second-order valence-corrected chi connectivity index (χ2v) is 8.31. The van der Waals surface area contributed by atoms with E-state index in [1.807, 2.05) is 41.3 Å². The first kappa shape index (κ1) is 22.1. The molecule has 32 heavy (non-hydrogen) atoms. The molecule has 1 fully saturated rings. The molecule has 0 spiro atoms. The first-order valence-corrected chi connectivity index (χ1v) is 11.4. The van der Waals surface area contributed by atoms with Crippen LogP contribution in [0.3, 0.4) is 0 Å². The zero-order valence-electron chi connectivity index (χ0n) is 18.5. The average molecular weight is 434 g/mol. The van der Waals surface area contributed by atoms with E-state index >= 15 is 0 Å². The molecule has 1 N–H and O–H groups in total. The second-order valence-electron chi connectivity index (χ2n) is 8.31. The number of amides is 2. The number of carbonyl (C=O) groups is 2. The van der Waals surface area contributed by atoms with Gasteiger partial charge in [-0.15, -0.1) is 0 Å². The van der Waals surface area contributed by atoms with Crippen molar-refractivity contribution in [2.24, 2.45) is 0 Å². The summed E-state index contributed by atoms with van der Waals surface area (Å²) in [5, 5.41) is 2.88. The summed E-state index contributed by atoms with van der Waals surface area (Å²) in [5.74, 6) is 1.07. The monoisotopic (exact) mass is 433 g/mol. The summed E-state index contributed by atoms with van der Waals surface area (Å²) in [4.78, 5) is 28.3. The highest BCUT2D eigenvalue weighted by atomic mass is 16.5. The summed E-state index contributed by atoms with van der Waals surface area (Å²) in [6, 6.07) is 16.1. The molecule has 0 unspecified atom stereocenters. The maximum atomic E-state index is 12.5. The maximum absolute atomic E-state index is 12.5. The van der Waals surface area contributed by atoms with Crippen molar-refractivity contribution in [3.8, 4) is 5.75 Å². The van der Waals surface area contributed by atoms with Crippen molar-refractivity contribution in [2.45, 2.75) is 25.7 Å². The summed E-state index contributed by atoms with van der Waals surface area (Å²) < 4.78 is 5.84. The molecule has 2 aromatic carbocycles. The lowest BCUT2D eigenvalue weighted by Gasteiger charge is -2.34. The number of rotatable bonds is 8. The fourth-order valence-corrected chi connectivity index (χ4v) is 4.10. The molecule has 0 atom stereocenters. The third-order valence-electron chi connectivity index (χ3n) is 5.97. The van der Waals surface area contributed by atoms with E-state index in [1.165, 1.54) is 5.56 Å². The topological polar surface area (TPSA) is 61.9 Å². The van der Waals surface area contributed by atoms with Crippen molar-refractivity contribution in [1.82, 2.24) is 9.80 Å². The Morgan fingerprint density at radius 3 is 2.66 bits per heavy atom. The third kappa shape index (κ3) is 6.20. The van der Waals surface area contributed by atoms with Gasteiger partial charge in [0.05, 0.1) is 6.61 Å². The summed E-state index contributed by atoms with van der Waals surface area (Å²) in [5.41, 5.74) is 3.19. The number of nitrogens with zero attached hydrogens (tertiary/aromatic N) is 2. The van der Waals surface area contributed by atoms with Gasteiger partial charge in [0.1, 0.15) is 5.75 Å². The molecule has 2 aliphatic heterocycles. The van der Waals surface area contributed by atoms with Crippen molar-refractivity contribution < 1.29 is 14.3 Å². The van der Waals surface area contributed by atoms with Crippen LogP contribution in [0, 0.1) is 0 Å². The highest BCUT2D eigenvalue weighted by Gasteiger charge is 2.20. The number of aryl methyl sites for hydroxylation is 1. The number of hydrogen-bond acceptors (Lipinski definition) is 4. The number of hydrogen-bond donors (Lipinski definition) is 1. The predicted octanol–water partition coefficient (Wildman–Crippen LogP) is 3.59. The van der Waals surface area contributed by atoms with E-state index in [9.17, 15) is 9.59 Å². The molecular formula is C26H31N3O3. The minimum atomic E-state index is 0.0640. The highest BCUT2D eigenvalue weighted by Crippen LogP contribution is 2.26. The molecule has 168 valence electrons. The Labute approximate surface area is 189 Å². The molecule has 2 amide bonds. The van der Waals surface area contributed by atoms with Crippen molar-refractivity contribution >= 4 is 23.6 Å². The van der Waals surface area contributed by atoms with E-state index in [2.05, 4.69) is 34.5 Å². The van der Waals surface area contributed by atoms with Gasteiger partial charge in [-0.2, -0.15) is 0 Å². The van der Waals surface area contributed by atoms with Gasteiger partial charge in [-0.3, -0.25) is 14.5 Å². The summed E-state index contributed by atoms with van der Waals surface area (Å²) in [6.07, 6.45) is 6.81. The van der Waals surface area contributed by atoms with Crippen LogP contribution in [0.15, 0.2) is 54.6 Å². The largest absolute Gasteiger partial charge is 0.494 e. The summed E-state index contributed by atoms with van der Waals surface area (Å²) in [7, 11) is 0. The minimum Gasteiger partial charge on any atom is -0.494 e. The van der Waals surface area contributed by atoms with Gasteiger partial charge in [-0.1, -0.05) is 42.5 Å². The Morgan fingerprint density at radius 2 is 1.84 bits per heavy atom. The molecule has 6 nitrogen and oxygen atoms in total. The standard InChI is InChI=1S/C26H31N3O3/c30-25-13-10-22-20-23(11-12-24(22)27-25)32-19-5-9-26(31)29-17-15-28(16-18-29)14-4-8-21-6-2-1-3-7-21/h1-4,6-8,11-12,20H,5,9-10,13-19H2,(H,27,30). The lowest BCUT2D eigenvalue weighted by Crippen LogP contribution is -2.48. The van der Waals surface area contributed by atoms with Gasteiger partial charge in [0, 0.05) is 51.3 Å². The minimum absolute atomic E-state index is 0.0640. The normalized spacial score (nSPS) is 16.6. The van der Waals surface area contributed by atoms with Gasteiger partial charge in [0.25, 0.3) is 0 Å². The molecule has 0 bridgehead atoms. The van der Waals surface area contributed by atoms with E-state index in [-0.39, 0.29) is 11.8 Å². The molecule has 2 aromatic rings. The molecule has 2 heterocycles. The number of fused-ring (bicyclic) bond motifs is 1. The Morgan fingerprint density at radius 1 is 1.03 bits per heavy atom.